The van der Waals surface area contributed by atoms with Gasteiger partial charge in [-0.05, 0) is 29.1 Å². The van der Waals surface area contributed by atoms with Crippen LogP contribution in [0.15, 0.2) is 41.8 Å². The summed E-state index contributed by atoms with van der Waals surface area (Å²) in [6, 6.07) is 10.7. The summed E-state index contributed by atoms with van der Waals surface area (Å²) in [7, 11) is 0. The van der Waals surface area contributed by atoms with Gasteiger partial charge in [-0.15, -0.1) is 11.3 Å². The highest BCUT2D eigenvalue weighted by Gasteiger charge is 2.15. The molecule has 3 rings (SSSR count). The van der Waals surface area contributed by atoms with Crippen LogP contribution < -0.4 is 5.32 Å². The Kier molecular flexibility index (Phi) is 4.34. The topological polar surface area (TPSA) is 79.3 Å². The number of aldehydes is 1. The number of hydrogen-bond donors (Lipinski definition) is 2. The molecule has 0 fully saturated rings. The molecule has 0 aliphatic rings. The molecule has 0 saturated carbocycles. The van der Waals surface area contributed by atoms with E-state index >= 15 is 0 Å². The van der Waals surface area contributed by atoms with Gasteiger partial charge in [0.05, 0.1) is 15.8 Å². The number of thiophene rings is 1. The van der Waals surface area contributed by atoms with Crippen molar-refractivity contribution in [1.29, 1.82) is 0 Å². The summed E-state index contributed by atoms with van der Waals surface area (Å²) in [5.41, 5.74) is 2.55. The number of carbonyl (C=O) groups excluding carboxylic acids is 1. The minimum atomic E-state index is -0.961. The SMILES string of the molecule is O=CCCNc1cc(-c2ccccc2C(=O)O)c2sccc2n1. The zero-order chi connectivity index (χ0) is 16.2. The van der Waals surface area contributed by atoms with E-state index in [1.165, 1.54) is 11.3 Å². The summed E-state index contributed by atoms with van der Waals surface area (Å²) < 4.78 is 0.944. The third kappa shape index (κ3) is 3.07. The van der Waals surface area contributed by atoms with E-state index in [1.54, 1.807) is 18.2 Å². The number of carboxylic acid groups (broad SMARTS) is 1. The van der Waals surface area contributed by atoms with Gasteiger partial charge in [-0.2, -0.15) is 0 Å². The van der Waals surface area contributed by atoms with Crippen molar-refractivity contribution < 1.29 is 14.7 Å². The molecular formula is C17H14N2O3S. The molecule has 0 bridgehead atoms. The maximum Gasteiger partial charge on any atom is 0.336 e. The molecule has 0 amide bonds. The molecule has 0 saturated heterocycles. The van der Waals surface area contributed by atoms with Crippen molar-refractivity contribution in [3.63, 3.8) is 0 Å². The maximum atomic E-state index is 11.5. The van der Waals surface area contributed by atoms with Crippen LogP contribution in [-0.2, 0) is 4.79 Å². The van der Waals surface area contributed by atoms with Crippen LogP contribution in [0.3, 0.4) is 0 Å². The lowest BCUT2D eigenvalue weighted by atomic mass is 10.00. The van der Waals surface area contributed by atoms with Crippen LogP contribution in [0.1, 0.15) is 16.8 Å². The number of rotatable bonds is 6. The largest absolute Gasteiger partial charge is 0.478 e. The zero-order valence-electron chi connectivity index (χ0n) is 12.2. The second kappa shape index (κ2) is 6.58. The van der Waals surface area contributed by atoms with Gasteiger partial charge in [-0.1, -0.05) is 18.2 Å². The first-order valence-corrected chi connectivity index (χ1v) is 7.97. The highest BCUT2D eigenvalue weighted by molar-refractivity contribution is 7.17. The van der Waals surface area contributed by atoms with Gasteiger partial charge in [0, 0.05) is 18.5 Å². The summed E-state index contributed by atoms with van der Waals surface area (Å²) >= 11 is 1.53. The van der Waals surface area contributed by atoms with Gasteiger partial charge in [-0.25, -0.2) is 9.78 Å². The van der Waals surface area contributed by atoms with Crippen LogP contribution >= 0.6 is 11.3 Å². The van der Waals surface area contributed by atoms with E-state index in [1.807, 2.05) is 23.6 Å². The van der Waals surface area contributed by atoms with Gasteiger partial charge < -0.3 is 15.2 Å². The Bertz CT molecular complexity index is 873. The third-order valence-corrected chi connectivity index (χ3v) is 4.36. The molecule has 116 valence electrons. The number of nitrogens with one attached hydrogen (secondary N) is 1. The molecular weight excluding hydrogens is 312 g/mol. The predicted octanol–water partition coefficient (Wildman–Crippen LogP) is 3.66. The molecule has 2 aromatic heterocycles. The normalized spacial score (nSPS) is 10.6. The lowest BCUT2D eigenvalue weighted by Crippen LogP contribution is -2.04. The molecule has 0 atom stereocenters. The Morgan fingerprint density at radius 2 is 2.09 bits per heavy atom. The van der Waals surface area contributed by atoms with Crippen LogP contribution in [0.4, 0.5) is 5.82 Å². The molecule has 0 aliphatic heterocycles. The maximum absolute atomic E-state index is 11.5. The second-order valence-electron chi connectivity index (χ2n) is 4.92. The monoisotopic (exact) mass is 326 g/mol. The summed E-state index contributed by atoms with van der Waals surface area (Å²) in [4.78, 5) is 26.5. The van der Waals surface area contributed by atoms with Crippen LogP contribution in [-0.4, -0.2) is 28.9 Å². The van der Waals surface area contributed by atoms with E-state index in [0.717, 1.165) is 22.1 Å². The van der Waals surface area contributed by atoms with Crippen LogP contribution in [0, 0.1) is 0 Å². The Balaban J connectivity index is 2.14. The van der Waals surface area contributed by atoms with Crippen LogP contribution in [0.5, 0.6) is 0 Å². The van der Waals surface area contributed by atoms with Crippen LogP contribution in [0.25, 0.3) is 21.3 Å². The fourth-order valence-corrected chi connectivity index (χ4v) is 3.27. The van der Waals surface area contributed by atoms with Gasteiger partial charge in [0.2, 0.25) is 0 Å². The lowest BCUT2D eigenvalue weighted by Gasteiger charge is -2.10. The summed E-state index contributed by atoms with van der Waals surface area (Å²) in [5.74, 6) is -0.328. The van der Waals surface area contributed by atoms with E-state index in [4.69, 9.17) is 0 Å². The molecule has 2 N–H and O–H groups in total. The van der Waals surface area contributed by atoms with E-state index in [0.29, 0.717) is 24.3 Å². The van der Waals surface area contributed by atoms with Crippen molar-refractivity contribution in [2.24, 2.45) is 0 Å². The average molecular weight is 326 g/mol. The second-order valence-corrected chi connectivity index (χ2v) is 5.84. The molecule has 23 heavy (non-hydrogen) atoms. The smallest absolute Gasteiger partial charge is 0.336 e. The van der Waals surface area contributed by atoms with E-state index in [-0.39, 0.29) is 5.56 Å². The summed E-state index contributed by atoms with van der Waals surface area (Å²) in [5, 5.41) is 14.5. The number of nitrogens with zero attached hydrogens (tertiary/aromatic N) is 1. The number of hydrogen-bond acceptors (Lipinski definition) is 5. The number of carbonyl (C=O) groups is 2. The molecule has 6 heteroatoms. The van der Waals surface area contributed by atoms with Gasteiger partial charge in [-0.3, -0.25) is 0 Å². The van der Waals surface area contributed by atoms with E-state index in [2.05, 4.69) is 10.3 Å². The minimum absolute atomic E-state index is 0.257. The number of aromatic carboxylic acids is 1. The fourth-order valence-electron chi connectivity index (χ4n) is 2.41. The zero-order valence-corrected chi connectivity index (χ0v) is 13.0. The standard InChI is InChI=1S/C17H14N2O3S/c20-8-3-7-18-15-10-13(16-14(19-15)6-9-23-16)11-4-1-2-5-12(11)17(21)22/h1-2,4-6,8-10H,3,7H2,(H,18,19)(H,21,22). The molecule has 0 radical (unpaired) electrons. The Hall–Kier alpha value is -2.73. The van der Waals surface area contributed by atoms with Crippen molar-refractivity contribution in [3.05, 3.63) is 47.3 Å². The van der Waals surface area contributed by atoms with Gasteiger partial charge in [0.1, 0.15) is 12.1 Å². The number of benzene rings is 1. The fraction of sp³-hybridized carbons (Fsp3) is 0.118. The van der Waals surface area contributed by atoms with Gasteiger partial charge in [0.25, 0.3) is 0 Å². The molecule has 3 aromatic rings. The Morgan fingerprint density at radius 1 is 1.26 bits per heavy atom. The highest BCUT2D eigenvalue weighted by Crippen LogP contribution is 2.35. The first-order chi connectivity index (χ1) is 11.2. The number of anilines is 1. The van der Waals surface area contributed by atoms with Crippen molar-refractivity contribution in [3.8, 4) is 11.1 Å². The molecule has 2 heterocycles. The minimum Gasteiger partial charge on any atom is -0.478 e. The van der Waals surface area contributed by atoms with Gasteiger partial charge in [0.15, 0.2) is 0 Å². The van der Waals surface area contributed by atoms with Crippen molar-refractivity contribution in [2.75, 3.05) is 11.9 Å². The molecule has 0 aliphatic carbocycles. The predicted molar refractivity (Wildman–Crippen MR) is 91.2 cm³/mol. The number of fused-ring (bicyclic) bond motifs is 1. The number of carboxylic acids is 1. The Labute approximate surface area is 136 Å². The van der Waals surface area contributed by atoms with Crippen molar-refractivity contribution >= 4 is 39.6 Å². The molecule has 5 nitrogen and oxygen atoms in total. The molecule has 0 unspecified atom stereocenters. The third-order valence-electron chi connectivity index (χ3n) is 3.43. The highest BCUT2D eigenvalue weighted by atomic mass is 32.1. The lowest BCUT2D eigenvalue weighted by molar-refractivity contribution is -0.107. The average Bonchev–Trinajstić information content (AvgIpc) is 3.03. The van der Waals surface area contributed by atoms with Crippen molar-refractivity contribution in [2.45, 2.75) is 6.42 Å². The first kappa shape index (κ1) is 15.2. The molecule has 0 spiro atoms. The molecule has 1 aromatic carbocycles. The summed E-state index contributed by atoms with van der Waals surface area (Å²) in [6.07, 6.45) is 1.24. The van der Waals surface area contributed by atoms with E-state index < -0.39 is 5.97 Å². The number of pyridine rings is 1. The van der Waals surface area contributed by atoms with Crippen LogP contribution in [0.2, 0.25) is 0 Å². The quantitative estimate of drug-likeness (QED) is 0.534. The van der Waals surface area contributed by atoms with Crippen molar-refractivity contribution in [1.82, 2.24) is 4.98 Å². The van der Waals surface area contributed by atoms with E-state index in [9.17, 15) is 14.7 Å². The number of aromatic nitrogens is 1. The summed E-state index contributed by atoms with van der Waals surface area (Å²) in [6.45, 7) is 0.492. The first-order valence-electron chi connectivity index (χ1n) is 7.09. The Morgan fingerprint density at radius 3 is 2.87 bits per heavy atom. The van der Waals surface area contributed by atoms with Gasteiger partial charge >= 0.3 is 5.97 Å².